The first-order valence-electron chi connectivity index (χ1n) is 7.05. The third-order valence-electron chi connectivity index (χ3n) is 4.35. The van der Waals surface area contributed by atoms with Crippen LogP contribution < -0.4 is 5.73 Å². The average molecular weight is 262 g/mol. The Balaban J connectivity index is 1.91. The van der Waals surface area contributed by atoms with Crippen molar-refractivity contribution in [2.75, 3.05) is 27.7 Å². The van der Waals surface area contributed by atoms with Gasteiger partial charge in [0.05, 0.1) is 5.69 Å². The molecular weight excluding hydrogens is 236 g/mol. The highest BCUT2D eigenvalue weighted by atomic mass is 15.2. The predicted molar refractivity (Wildman–Crippen MR) is 78.7 cm³/mol. The zero-order chi connectivity index (χ0) is 13.9. The number of likely N-dealkylation sites (N-methyl/N-ethyl adjacent to an activating group) is 2. The Hall–Kier alpha value is -0.970. The summed E-state index contributed by atoms with van der Waals surface area (Å²) >= 11 is 0. The summed E-state index contributed by atoms with van der Waals surface area (Å²) in [4.78, 5) is 9.24. The van der Waals surface area contributed by atoms with Crippen molar-refractivity contribution in [3.05, 3.63) is 29.6 Å². The number of nitrogens with two attached hydrogens (primary N) is 1. The Labute approximate surface area is 116 Å². The molecule has 0 aliphatic heterocycles. The maximum atomic E-state index is 5.59. The highest BCUT2D eigenvalue weighted by Crippen LogP contribution is 2.36. The molecule has 1 aromatic heterocycles. The summed E-state index contributed by atoms with van der Waals surface area (Å²) in [5.74, 6) is 0. The minimum atomic E-state index is 0.381. The van der Waals surface area contributed by atoms with E-state index in [1.807, 2.05) is 6.20 Å². The summed E-state index contributed by atoms with van der Waals surface area (Å²) in [6, 6.07) is 4.16. The lowest BCUT2D eigenvalue weighted by molar-refractivity contribution is 0.0256. The molecule has 1 aromatic rings. The normalized spacial score (nSPS) is 17.8. The van der Waals surface area contributed by atoms with Crippen molar-refractivity contribution in [2.24, 2.45) is 5.73 Å². The fraction of sp³-hybridized carbons (Fsp3) is 0.667. The minimum absolute atomic E-state index is 0.381. The number of hydrogen-bond acceptors (Lipinski definition) is 4. The van der Waals surface area contributed by atoms with Gasteiger partial charge in [-0.3, -0.25) is 9.88 Å². The van der Waals surface area contributed by atoms with Crippen LogP contribution in [0.3, 0.4) is 0 Å². The predicted octanol–water partition coefficient (Wildman–Crippen LogP) is 1.46. The summed E-state index contributed by atoms with van der Waals surface area (Å²) in [5, 5.41) is 0. The van der Waals surface area contributed by atoms with Gasteiger partial charge in [-0.05, 0) is 52.0 Å². The fourth-order valence-electron chi connectivity index (χ4n) is 2.84. The first kappa shape index (κ1) is 14.4. The van der Waals surface area contributed by atoms with Crippen molar-refractivity contribution < 1.29 is 0 Å². The van der Waals surface area contributed by atoms with Crippen LogP contribution in [0.1, 0.15) is 30.5 Å². The van der Waals surface area contributed by atoms with Gasteiger partial charge in [0, 0.05) is 31.4 Å². The second-order valence-electron chi connectivity index (χ2n) is 6.01. The number of pyridine rings is 1. The average Bonchev–Trinajstić information content (AvgIpc) is 2.34. The minimum Gasteiger partial charge on any atom is -0.326 e. The van der Waals surface area contributed by atoms with Crippen LogP contribution in [0, 0.1) is 0 Å². The van der Waals surface area contributed by atoms with E-state index in [4.69, 9.17) is 5.73 Å². The van der Waals surface area contributed by atoms with Crippen LogP contribution in [-0.2, 0) is 13.1 Å². The smallest absolute Gasteiger partial charge is 0.0544 e. The molecule has 0 atom stereocenters. The zero-order valence-electron chi connectivity index (χ0n) is 12.4. The molecular formula is C15H26N4. The molecule has 19 heavy (non-hydrogen) atoms. The van der Waals surface area contributed by atoms with E-state index in [-0.39, 0.29) is 0 Å². The molecule has 0 bridgehead atoms. The van der Waals surface area contributed by atoms with Crippen LogP contribution in [-0.4, -0.2) is 48.0 Å². The third kappa shape index (κ3) is 3.32. The van der Waals surface area contributed by atoms with Gasteiger partial charge in [-0.25, -0.2) is 0 Å². The van der Waals surface area contributed by atoms with E-state index >= 15 is 0 Å². The molecule has 1 heterocycles. The summed E-state index contributed by atoms with van der Waals surface area (Å²) in [5.41, 5.74) is 8.18. The number of hydrogen-bond donors (Lipinski definition) is 1. The van der Waals surface area contributed by atoms with Crippen molar-refractivity contribution in [1.29, 1.82) is 0 Å². The Morgan fingerprint density at radius 1 is 1.26 bits per heavy atom. The van der Waals surface area contributed by atoms with E-state index in [9.17, 15) is 0 Å². The lowest BCUT2D eigenvalue weighted by Gasteiger charge is -2.49. The Kier molecular flexibility index (Phi) is 4.55. The molecule has 0 radical (unpaired) electrons. The maximum absolute atomic E-state index is 5.59. The number of rotatable bonds is 6. The molecule has 0 unspecified atom stereocenters. The van der Waals surface area contributed by atoms with Gasteiger partial charge in [0.1, 0.15) is 0 Å². The Morgan fingerprint density at radius 3 is 2.42 bits per heavy atom. The van der Waals surface area contributed by atoms with Crippen LogP contribution in [0.2, 0.25) is 0 Å². The second-order valence-corrected chi connectivity index (χ2v) is 6.01. The van der Waals surface area contributed by atoms with Crippen molar-refractivity contribution in [3.8, 4) is 0 Å². The SMILES string of the molecule is CN(Cc1ccc(CN)cn1)CC1(N(C)C)CCC1. The van der Waals surface area contributed by atoms with Gasteiger partial charge in [-0.15, -0.1) is 0 Å². The lowest BCUT2D eigenvalue weighted by Crippen LogP contribution is -2.56. The second kappa shape index (κ2) is 5.99. The molecule has 0 aromatic carbocycles. The summed E-state index contributed by atoms with van der Waals surface area (Å²) < 4.78 is 0. The zero-order valence-corrected chi connectivity index (χ0v) is 12.4. The van der Waals surface area contributed by atoms with Gasteiger partial charge in [0.25, 0.3) is 0 Å². The summed E-state index contributed by atoms with van der Waals surface area (Å²) in [6.45, 7) is 2.58. The summed E-state index contributed by atoms with van der Waals surface area (Å²) in [7, 11) is 6.57. The van der Waals surface area contributed by atoms with Gasteiger partial charge >= 0.3 is 0 Å². The van der Waals surface area contributed by atoms with Gasteiger partial charge in [0.15, 0.2) is 0 Å². The van der Waals surface area contributed by atoms with Crippen LogP contribution in [0.15, 0.2) is 18.3 Å². The maximum Gasteiger partial charge on any atom is 0.0544 e. The van der Waals surface area contributed by atoms with Gasteiger partial charge < -0.3 is 10.6 Å². The van der Waals surface area contributed by atoms with Crippen LogP contribution >= 0.6 is 0 Å². The van der Waals surface area contributed by atoms with Crippen LogP contribution in [0.5, 0.6) is 0 Å². The molecule has 0 spiro atoms. The van der Waals surface area contributed by atoms with Crippen molar-refractivity contribution in [3.63, 3.8) is 0 Å². The standard InChI is InChI=1S/C15H26N4/c1-18(2)15(7-4-8-15)12-19(3)11-14-6-5-13(9-16)10-17-14/h5-6,10H,4,7-9,11-12,16H2,1-3H3. The van der Waals surface area contributed by atoms with Crippen molar-refractivity contribution in [1.82, 2.24) is 14.8 Å². The Morgan fingerprint density at radius 2 is 2.00 bits per heavy atom. The largest absolute Gasteiger partial charge is 0.326 e. The molecule has 1 aliphatic carbocycles. The van der Waals surface area contributed by atoms with E-state index in [0.717, 1.165) is 24.3 Å². The molecule has 4 heteroatoms. The highest BCUT2D eigenvalue weighted by molar-refractivity contribution is 5.13. The highest BCUT2D eigenvalue weighted by Gasteiger charge is 2.39. The van der Waals surface area contributed by atoms with Crippen molar-refractivity contribution in [2.45, 2.75) is 37.9 Å². The molecule has 106 valence electrons. The van der Waals surface area contributed by atoms with Crippen molar-refractivity contribution >= 4 is 0 Å². The van der Waals surface area contributed by atoms with E-state index < -0.39 is 0 Å². The van der Waals surface area contributed by atoms with Gasteiger partial charge in [-0.1, -0.05) is 6.07 Å². The monoisotopic (exact) mass is 262 g/mol. The van der Waals surface area contributed by atoms with E-state index in [1.54, 1.807) is 0 Å². The van der Waals surface area contributed by atoms with Crippen LogP contribution in [0.4, 0.5) is 0 Å². The molecule has 1 fully saturated rings. The topological polar surface area (TPSA) is 45.4 Å². The molecule has 2 rings (SSSR count). The Bertz CT molecular complexity index is 395. The quantitative estimate of drug-likeness (QED) is 0.843. The first-order valence-corrected chi connectivity index (χ1v) is 7.05. The molecule has 0 amide bonds. The number of nitrogens with zero attached hydrogens (tertiary/aromatic N) is 3. The fourth-order valence-corrected chi connectivity index (χ4v) is 2.84. The molecule has 0 saturated heterocycles. The molecule has 1 aliphatic rings. The van der Waals surface area contributed by atoms with Gasteiger partial charge in [0.2, 0.25) is 0 Å². The van der Waals surface area contributed by atoms with E-state index in [2.05, 4.69) is 48.1 Å². The molecule has 2 N–H and O–H groups in total. The first-order chi connectivity index (χ1) is 9.05. The third-order valence-corrected chi connectivity index (χ3v) is 4.35. The van der Waals surface area contributed by atoms with E-state index in [0.29, 0.717) is 12.1 Å². The molecule has 4 nitrogen and oxygen atoms in total. The van der Waals surface area contributed by atoms with Crippen LogP contribution in [0.25, 0.3) is 0 Å². The summed E-state index contributed by atoms with van der Waals surface area (Å²) in [6.07, 6.45) is 5.86. The lowest BCUT2D eigenvalue weighted by atomic mass is 9.75. The van der Waals surface area contributed by atoms with E-state index in [1.165, 1.54) is 19.3 Å². The van der Waals surface area contributed by atoms with Gasteiger partial charge in [-0.2, -0.15) is 0 Å². The number of aromatic nitrogens is 1. The molecule has 1 saturated carbocycles.